The number of hydrogen-bond acceptors (Lipinski definition) is 4. The van der Waals surface area contributed by atoms with E-state index in [1.165, 1.54) is 5.56 Å². The summed E-state index contributed by atoms with van der Waals surface area (Å²) in [6, 6.07) is 16.2. The lowest BCUT2D eigenvalue weighted by Gasteiger charge is -2.34. The van der Waals surface area contributed by atoms with Gasteiger partial charge in [0.25, 0.3) is 0 Å². The number of ether oxygens (including phenoxy) is 1. The largest absolute Gasteiger partial charge is 0.379 e. The first-order valence-electron chi connectivity index (χ1n) is 8.17. The number of guanidine groups is 1. The van der Waals surface area contributed by atoms with Crippen molar-refractivity contribution in [3.63, 3.8) is 0 Å². The molecule has 0 amide bonds. The van der Waals surface area contributed by atoms with Gasteiger partial charge in [0.15, 0.2) is 5.96 Å². The number of anilines is 1. The summed E-state index contributed by atoms with van der Waals surface area (Å²) >= 11 is 0. The minimum Gasteiger partial charge on any atom is -0.379 e. The monoisotopic (exact) mass is 325 g/mol. The quantitative estimate of drug-likeness (QED) is 0.648. The van der Waals surface area contributed by atoms with Crippen molar-refractivity contribution >= 4 is 11.8 Å². The summed E-state index contributed by atoms with van der Waals surface area (Å²) in [7, 11) is 0. The molecule has 2 heterocycles. The number of rotatable bonds is 5. The van der Waals surface area contributed by atoms with E-state index in [9.17, 15) is 0 Å². The van der Waals surface area contributed by atoms with Gasteiger partial charge < -0.3 is 15.8 Å². The molecule has 3 N–H and O–H groups in total. The fourth-order valence-corrected chi connectivity index (χ4v) is 2.79. The van der Waals surface area contributed by atoms with Crippen LogP contribution in [0.25, 0.3) is 0 Å². The van der Waals surface area contributed by atoms with Gasteiger partial charge in [-0.05, 0) is 17.7 Å². The van der Waals surface area contributed by atoms with Crippen LogP contribution in [0.3, 0.4) is 0 Å². The van der Waals surface area contributed by atoms with Crippen LogP contribution in [0, 0.1) is 0 Å². The Hall–Kier alpha value is -2.44. The van der Waals surface area contributed by atoms with E-state index < -0.39 is 0 Å². The zero-order valence-electron chi connectivity index (χ0n) is 13.6. The second-order valence-electron chi connectivity index (χ2n) is 5.64. The highest BCUT2D eigenvalue weighted by molar-refractivity contribution is 5.91. The summed E-state index contributed by atoms with van der Waals surface area (Å²) in [5.41, 5.74) is 7.26. The highest BCUT2D eigenvalue weighted by atomic mass is 16.5. The van der Waals surface area contributed by atoms with E-state index in [0.29, 0.717) is 18.3 Å². The molecular weight excluding hydrogens is 302 g/mol. The van der Waals surface area contributed by atoms with E-state index in [4.69, 9.17) is 10.5 Å². The molecule has 0 spiro atoms. The van der Waals surface area contributed by atoms with Gasteiger partial charge in [0.1, 0.15) is 5.82 Å². The molecule has 0 aliphatic carbocycles. The normalized spacial score (nSPS) is 17.4. The average Bonchev–Trinajstić information content (AvgIpc) is 2.64. The van der Waals surface area contributed by atoms with Gasteiger partial charge in [-0.15, -0.1) is 0 Å². The molecule has 0 saturated carbocycles. The van der Waals surface area contributed by atoms with Gasteiger partial charge in [-0.25, -0.2) is 4.98 Å². The number of nitrogens with two attached hydrogens (primary N) is 1. The maximum absolute atomic E-state index is 6.02. The average molecular weight is 325 g/mol. The molecule has 1 aliphatic heterocycles. The second-order valence-corrected chi connectivity index (χ2v) is 5.64. The summed E-state index contributed by atoms with van der Waals surface area (Å²) in [6.45, 7) is 3.92. The van der Waals surface area contributed by atoms with Crippen LogP contribution in [0.4, 0.5) is 5.82 Å². The Kier molecular flexibility index (Phi) is 5.76. The Labute approximate surface area is 142 Å². The third-order valence-electron chi connectivity index (χ3n) is 4.03. The number of aromatic nitrogens is 1. The Morgan fingerprint density at radius 2 is 1.92 bits per heavy atom. The summed E-state index contributed by atoms with van der Waals surface area (Å²) in [5.74, 6) is 1.07. The van der Waals surface area contributed by atoms with Crippen LogP contribution in [0.5, 0.6) is 0 Å². The molecule has 1 atom stereocenters. The predicted molar refractivity (Wildman–Crippen MR) is 95.9 cm³/mol. The minimum atomic E-state index is 0.194. The SMILES string of the molecule is NC(=NCC(c1ccccc1)N1CCOCC1)Nc1ccccn1. The molecule has 1 aliphatic rings. The van der Waals surface area contributed by atoms with Crippen molar-refractivity contribution < 1.29 is 4.74 Å². The van der Waals surface area contributed by atoms with E-state index in [1.807, 2.05) is 24.3 Å². The molecule has 6 heteroatoms. The van der Waals surface area contributed by atoms with Gasteiger partial charge in [0.2, 0.25) is 0 Å². The number of benzene rings is 1. The predicted octanol–water partition coefficient (Wildman–Crippen LogP) is 1.88. The summed E-state index contributed by atoms with van der Waals surface area (Å²) < 4.78 is 5.47. The summed E-state index contributed by atoms with van der Waals surface area (Å²) in [4.78, 5) is 11.1. The Morgan fingerprint density at radius 1 is 1.17 bits per heavy atom. The molecule has 1 aromatic carbocycles. The molecule has 24 heavy (non-hydrogen) atoms. The van der Waals surface area contributed by atoms with Crippen molar-refractivity contribution in [3.05, 3.63) is 60.3 Å². The minimum absolute atomic E-state index is 0.194. The zero-order valence-corrected chi connectivity index (χ0v) is 13.6. The van der Waals surface area contributed by atoms with Gasteiger partial charge in [-0.1, -0.05) is 36.4 Å². The van der Waals surface area contributed by atoms with Gasteiger partial charge in [0, 0.05) is 19.3 Å². The van der Waals surface area contributed by atoms with E-state index in [-0.39, 0.29) is 6.04 Å². The van der Waals surface area contributed by atoms with Crippen LogP contribution in [-0.4, -0.2) is 48.7 Å². The lowest BCUT2D eigenvalue weighted by atomic mass is 10.1. The summed E-state index contributed by atoms with van der Waals surface area (Å²) in [5, 5.41) is 3.03. The van der Waals surface area contributed by atoms with Crippen molar-refractivity contribution in [2.45, 2.75) is 6.04 Å². The van der Waals surface area contributed by atoms with Crippen LogP contribution in [-0.2, 0) is 4.74 Å². The molecule has 3 rings (SSSR count). The van der Waals surface area contributed by atoms with E-state index in [0.717, 1.165) is 26.3 Å². The summed E-state index contributed by atoms with van der Waals surface area (Å²) in [6.07, 6.45) is 1.72. The molecule has 1 aromatic heterocycles. The molecule has 1 saturated heterocycles. The Bertz CT molecular complexity index is 641. The number of nitrogens with zero attached hydrogens (tertiary/aromatic N) is 3. The fourth-order valence-electron chi connectivity index (χ4n) is 2.79. The number of aliphatic imine (C=N–C) groups is 1. The van der Waals surface area contributed by atoms with Crippen LogP contribution >= 0.6 is 0 Å². The van der Waals surface area contributed by atoms with E-state index in [1.54, 1.807) is 6.20 Å². The smallest absolute Gasteiger partial charge is 0.194 e. The van der Waals surface area contributed by atoms with Crippen LogP contribution in [0.2, 0.25) is 0 Å². The Morgan fingerprint density at radius 3 is 2.62 bits per heavy atom. The number of pyridine rings is 1. The fraction of sp³-hybridized carbons (Fsp3) is 0.333. The van der Waals surface area contributed by atoms with Crippen LogP contribution in [0.1, 0.15) is 11.6 Å². The highest BCUT2D eigenvalue weighted by Crippen LogP contribution is 2.22. The first kappa shape index (κ1) is 16.4. The van der Waals surface area contributed by atoms with E-state index in [2.05, 4.69) is 44.5 Å². The van der Waals surface area contributed by atoms with Gasteiger partial charge in [-0.2, -0.15) is 0 Å². The second kappa shape index (κ2) is 8.42. The molecule has 0 radical (unpaired) electrons. The van der Waals surface area contributed by atoms with Gasteiger partial charge >= 0.3 is 0 Å². The molecule has 1 fully saturated rings. The number of nitrogens with one attached hydrogen (secondary N) is 1. The highest BCUT2D eigenvalue weighted by Gasteiger charge is 2.22. The molecular formula is C18H23N5O. The zero-order chi connectivity index (χ0) is 16.6. The molecule has 2 aromatic rings. The van der Waals surface area contributed by atoms with Crippen molar-refractivity contribution in [1.82, 2.24) is 9.88 Å². The molecule has 1 unspecified atom stereocenters. The van der Waals surface area contributed by atoms with E-state index >= 15 is 0 Å². The Balaban J connectivity index is 1.70. The van der Waals surface area contributed by atoms with Crippen molar-refractivity contribution in [2.24, 2.45) is 10.7 Å². The lowest BCUT2D eigenvalue weighted by molar-refractivity contribution is 0.0180. The van der Waals surface area contributed by atoms with Gasteiger partial charge in [-0.3, -0.25) is 9.89 Å². The maximum atomic E-state index is 6.02. The van der Waals surface area contributed by atoms with Crippen molar-refractivity contribution in [3.8, 4) is 0 Å². The first-order chi connectivity index (χ1) is 11.8. The molecule has 0 bridgehead atoms. The molecule has 6 nitrogen and oxygen atoms in total. The maximum Gasteiger partial charge on any atom is 0.194 e. The third kappa shape index (κ3) is 4.53. The number of hydrogen-bond donors (Lipinski definition) is 2. The first-order valence-corrected chi connectivity index (χ1v) is 8.17. The van der Waals surface area contributed by atoms with Crippen LogP contribution in [0.15, 0.2) is 59.7 Å². The third-order valence-corrected chi connectivity index (χ3v) is 4.03. The topological polar surface area (TPSA) is 75.8 Å². The van der Waals surface area contributed by atoms with Crippen LogP contribution < -0.4 is 11.1 Å². The lowest BCUT2D eigenvalue weighted by Crippen LogP contribution is -2.40. The standard InChI is InChI=1S/C18H23N5O/c19-18(22-17-8-4-5-9-20-17)21-14-16(15-6-2-1-3-7-15)23-10-12-24-13-11-23/h1-9,16H,10-14H2,(H3,19,20,21,22). The van der Waals surface area contributed by atoms with Gasteiger partial charge in [0.05, 0.1) is 25.8 Å². The van der Waals surface area contributed by atoms with Crippen molar-refractivity contribution in [2.75, 3.05) is 38.2 Å². The van der Waals surface area contributed by atoms with Crippen molar-refractivity contribution in [1.29, 1.82) is 0 Å². The number of morpholine rings is 1. The molecule has 126 valence electrons.